The zero-order valence-corrected chi connectivity index (χ0v) is 21.1. The Kier molecular flexibility index (Phi) is 7.42. The first-order valence-corrected chi connectivity index (χ1v) is 13.3. The van der Waals surface area contributed by atoms with Crippen LogP contribution in [0.4, 0.5) is 11.4 Å². The number of rotatable bonds is 7. The lowest BCUT2D eigenvalue weighted by Crippen LogP contribution is -2.34. The molecule has 0 fully saturated rings. The van der Waals surface area contributed by atoms with Crippen LogP contribution in [-0.2, 0) is 20.8 Å². The molecule has 2 amide bonds. The van der Waals surface area contributed by atoms with E-state index in [1.54, 1.807) is 12.1 Å². The maximum atomic E-state index is 13.8. The molecule has 1 heterocycles. The van der Waals surface area contributed by atoms with Crippen molar-refractivity contribution in [3.8, 4) is 0 Å². The van der Waals surface area contributed by atoms with Crippen LogP contribution in [0.1, 0.15) is 29.2 Å². The van der Waals surface area contributed by atoms with E-state index < -0.39 is 23.1 Å². The average Bonchev–Trinajstić information content (AvgIpc) is 3.37. The number of carboxylic acids is 1. The Morgan fingerprint density at radius 3 is 2.27 bits per heavy atom. The van der Waals surface area contributed by atoms with Gasteiger partial charge in [0.05, 0.1) is 11.8 Å². The Hall–Kier alpha value is -3.84. The maximum absolute atomic E-state index is 13.8. The normalized spacial score (nSPS) is 19.2. The lowest BCUT2D eigenvalue weighted by Gasteiger charge is -2.25. The van der Waals surface area contributed by atoms with Crippen molar-refractivity contribution in [2.45, 2.75) is 29.4 Å². The van der Waals surface area contributed by atoms with Crippen LogP contribution in [0.15, 0.2) is 95.9 Å². The average molecular weight is 513 g/mol. The zero-order valence-electron chi connectivity index (χ0n) is 20.2. The van der Waals surface area contributed by atoms with Crippen molar-refractivity contribution in [1.82, 2.24) is 0 Å². The summed E-state index contributed by atoms with van der Waals surface area (Å²) in [6, 6.07) is 25.2. The fourth-order valence-corrected chi connectivity index (χ4v) is 6.05. The van der Waals surface area contributed by atoms with Gasteiger partial charge in [-0.25, -0.2) is 0 Å². The highest BCUT2D eigenvalue weighted by molar-refractivity contribution is 8.00. The lowest BCUT2D eigenvalue weighted by atomic mass is 9.82. The van der Waals surface area contributed by atoms with Crippen molar-refractivity contribution in [1.29, 1.82) is 0 Å². The fraction of sp³-hybridized carbons (Fsp3) is 0.233. The van der Waals surface area contributed by atoms with Gasteiger partial charge in [-0.05, 0) is 60.7 Å². The number of thioether (sulfide) groups is 1. The minimum Gasteiger partial charge on any atom is -0.481 e. The topological polar surface area (TPSA) is 86.7 Å². The summed E-state index contributed by atoms with van der Waals surface area (Å²) in [6.07, 6.45) is 5.31. The summed E-state index contributed by atoms with van der Waals surface area (Å²) in [4.78, 5) is 40.9. The van der Waals surface area contributed by atoms with Crippen molar-refractivity contribution in [2.24, 2.45) is 11.8 Å². The van der Waals surface area contributed by atoms with Crippen LogP contribution < -0.4 is 10.2 Å². The molecule has 1 aliphatic carbocycles. The van der Waals surface area contributed by atoms with Crippen LogP contribution in [0.3, 0.4) is 0 Å². The smallest absolute Gasteiger partial charge is 0.307 e. The number of carboxylic acid groups (broad SMARTS) is 1. The molecule has 2 aliphatic rings. The molecule has 0 bridgehead atoms. The Morgan fingerprint density at radius 1 is 0.865 bits per heavy atom. The molecular formula is C30H28N2O4S. The first-order chi connectivity index (χ1) is 18.0. The molecule has 0 saturated heterocycles. The molecule has 37 heavy (non-hydrogen) atoms. The second-order valence-corrected chi connectivity index (χ2v) is 10.5. The highest BCUT2D eigenvalue weighted by Crippen LogP contribution is 2.40. The standard InChI is InChI=1S/C30H28N2O4S/c33-28(24-11-5-6-12-25(24)30(35)36)31-22-14-16-23(17-15-22)37-27(21-9-2-1-3-10-21)29(34)32-19-18-20-8-4-7-13-26(20)32/h1-10,13-17,24-25,27H,11-12,18-19H2,(H,31,33)(H,35,36)/t24-,25+,27-/m1/s1. The monoisotopic (exact) mass is 512 g/mol. The molecule has 2 N–H and O–H groups in total. The minimum absolute atomic E-state index is 0.0450. The van der Waals surface area contributed by atoms with Crippen molar-refractivity contribution < 1.29 is 19.5 Å². The van der Waals surface area contributed by atoms with E-state index in [2.05, 4.69) is 11.4 Å². The van der Waals surface area contributed by atoms with Crippen LogP contribution in [0, 0.1) is 11.8 Å². The van der Waals surface area contributed by atoms with Gasteiger partial charge in [0.25, 0.3) is 0 Å². The predicted molar refractivity (Wildman–Crippen MR) is 146 cm³/mol. The summed E-state index contributed by atoms with van der Waals surface area (Å²) < 4.78 is 0. The number of nitrogens with zero attached hydrogens (tertiary/aromatic N) is 1. The first kappa shape index (κ1) is 24.8. The second-order valence-electron chi connectivity index (χ2n) is 9.28. The zero-order chi connectivity index (χ0) is 25.8. The molecule has 188 valence electrons. The van der Waals surface area contributed by atoms with E-state index in [1.807, 2.05) is 77.7 Å². The maximum Gasteiger partial charge on any atom is 0.307 e. The van der Waals surface area contributed by atoms with E-state index in [9.17, 15) is 19.5 Å². The third-order valence-electron chi connectivity index (χ3n) is 6.94. The molecule has 3 aromatic carbocycles. The van der Waals surface area contributed by atoms with E-state index in [1.165, 1.54) is 17.3 Å². The largest absolute Gasteiger partial charge is 0.481 e. The van der Waals surface area contributed by atoms with E-state index in [-0.39, 0.29) is 11.8 Å². The number of hydrogen-bond donors (Lipinski definition) is 2. The van der Waals surface area contributed by atoms with Gasteiger partial charge in [-0.3, -0.25) is 14.4 Å². The molecule has 7 heteroatoms. The summed E-state index contributed by atoms with van der Waals surface area (Å²) in [6.45, 7) is 0.667. The summed E-state index contributed by atoms with van der Waals surface area (Å²) in [5, 5.41) is 11.9. The number of allylic oxidation sites excluding steroid dienone is 2. The van der Waals surface area contributed by atoms with E-state index in [0.29, 0.717) is 25.1 Å². The minimum atomic E-state index is -0.950. The van der Waals surface area contributed by atoms with Crippen LogP contribution in [-0.4, -0.2) is 29.4 Å². The molecular weight excluding hydrogens is 484 g/mol. The quantitative estimate of drug-likeness (QED) is 0.313. The van der Waals surface area contributed by atoms with Crippen LogP contribution in [0.25, 0.3) is 0 Å². The number of anilines is 2. The van der Waals surface area contributed by atoms with Crippen LogP contribution >= 0.6 is 11.8 Å². The Labute approximate surface area is 220 Å². The van der Waals surface area contributed by atoms with Gasteiger partial charge in [0.2, 0.25) is 11.8 Å². The fourth-order valence-electron chi connectivity index (χ4n) is 4.96. The molecule has 3 atom stereocenters. The van der Waals surface area contributed by atoms with Crippen molar-refractivity contribution in [3.05, 3.63) is 102 Å². The van der Waals surface area contributed by atoms with Gasteiger partial charge < -0.3 is 15.3 Å². The number of fused-ring (bicyclic) bond motifs is 1. The third kappa shape index (κ3) is 5.47. The third-order valence-corrected chi connectivity index (χ3v) is 8.20. The van der Waals surface area contributed by atoms with E-state index >= 15 is 0 Å². The molecule has 0 spiro atoms. The molecule has 3 aromatic rings. The van der Waals surface area contributed by atoms with Gasteiger partial charge in [0, 0.05) is 22.8 Å². The van der Waals surface area contributed by atoms with Crippen molar-refractivity contribution >= 4 is 40.9 Å². The number of carbonyl (C=O) groups excluding carboxylic acids is 2. The molecule has 0 saturated carbocycles. The van der Waals surface area contributed by atoms with Gasteiger partial charge in [-0.15, -0.1) is 11.8 Å². The van der Waals surface area contributed by atoms with Crippen LogP contribution in [0.2, 0.25) is 0 Å². The molecule has 0 aromatic heterocycles. The predicted octanol–water partition coefficient (Wildman–Crippen LogP) is 5.71. The summed E-state index contributed by atoms with van der Waals surface area (Å²) >= 11 is 1.48. The van der Waals surface area contributed by atoms with Gasteiger partial charge in [0.1, 0.15) is 5.25 Å². The number of amides is 2. The van der Waals surface area contributed by atoms with Gasteiger partial charge in [-0.2, -0.15) is 0 Å². The first-order valence-electron chi connectivity index (χ1n) is 12.4. The number of nitrogens with one attached hydrogen (secondary N) is 1. The summed E-state index contributed by atoms with van der Waals surface area (Å²) in [5.74, 6) is -2.51. The molecule has 0 unspecified atom stereocenters. The van der Waals surface area contributed by atoms with Gasteiger partial charge in [0.15, 0.2) is 0 Å². The van der Waals surface area contributed by atoms with E-state index in [0.717, 1.165) is 22.6 Å². The number of hydrogen-bond acceptors (Lipinski definition) is 4. The molecule has 5 rings (SSSR count). The number of carbonyl (C=O) groups is 3. The Bertz CT molecular complexity index is 1320. The highest BCUT2D eigenvalue weighted by Gasteiger charge is 2.34. The number of benzene rings is 3. The molecule has 0 radical (unpaired) electrons. The van der Waals surface area contributed by atoms with Gasteiger partial charge >= 0.3 is 5.97 Å². The number of aliphatic carboxylic acids is 1. The van der Waals surface area contributed by atoms with E-state index in [4.69, 9.17) is 0 Å². The summed E-state index contributed by atoms with van der Waals surface area (Å²) in [5.41, 5.74) is 3.70. The van der Waals surface area contributed by atoms with Crippen LogP contribution in [0.5, 0.6) is 0 Å². The lowest BCUT2D eigenvalue weighted by molar-refractivity contribution is -0.146. The summed E-state index contributed by atoms with van der Waals surface area (Å²) in [7, 11) is 0. The SMILES string of the molecule is O=C(O)[C@H]1CC=CC[C@H]1C(=O)Nc1ccc(S[C@@H](C(=O)N2CCc3ccccc32)c2ccccc2)cc1. The highest BCUT2D eigenvalue weighted by atomic mass is 32.2. The van der Waals surface area contributed by atoms with Crippen molar-refractivity contribution in [2.75, 3.05) is 16.8 Å². The molecule has 1 aliphatic heterocycles. The second kappa shape index (κ2) is 11.0. The number of para-hydroxylation sites is 1. The van der Waals surface area contributed by atoms with Crippen molar-refractivity contribution in [3.63, 3.8) is 0 Å². The van der Waals surface area contributed by atoms with Gasteiger partial charge in [-0.1, -0.05) is 60.7 Å². The molecule has 6 nitrogen and oxygen atoms in total. The Balaban J connectivity index is 1.32. The Morgan fingerprint density at radius 2 is 1.54 bits per heavy atom.